The summed E-state index contributed by atoms with van der Waals surface area (Å²) in [5, 5.41) is 5.63. The van der Waals surface area contributed by atoms with E-state index in [1.54, 1.807) is 38.2 Å². The predicted molar refractivity (Wildman–Crippen MR) is 86.9 cm³/mol. The molecule has 2 heterocycles. The lowest BCUT2D eigenvalue weighted by Crippen LogP contribution is -2.32. The van der Waals surface area contributed by atoms with Gasteiger partial charge >= 0.3 is 0 Å². The van der Waals surface area contributed by atoms with Gasteiger partial charge in [0, 0.05) is 36.6 Å². The zero-order chi connectivity index (χ0) is 16.6. The van der Waals surface area contributed by atoms with Crippen LogP contribution in [0.3, 0.4) is 0 Å². The molecule has 1 aromatic heterocycles. The number of hydrogen-bond acceptors (Lipinski definition) is 3. The van der Waals surface area contributed by atoms with Crippen molar-refractivity contribution in [3.8, 4) is 0 Å². The molecular weight excluding hydrogens is 294 g/mol. The Hall–Kier alpha value is -2.89. The van der Waals surface area contributed by atoms with Crippen LogP contribution in [-0.2, 0) is 13.5 Å². The van der Waals surface area contributed by atoms with Crippen molar-refractivity contribution in [3.63, 3.8) is 0 Å². The highest BCUT2D eigenvalue weighted by atomic mass is 16.2. The number of nitrogens with zero attached hydrogens (tertiary/aromatic N) is 1. The second-order valence-corrected chi connectivity index (χ2v) is 5.62. The van der Waals surface area contributed by atoms with Crippen LogP contribution in [-0.4, -0.2) is 22.9 Å². The van der Waals surface area contributed by atoms with Crippen molar-refractivity contribution in [3.05, 3.63) is 63.1 Å². The molecule has 0 saturated carbocycles. The molecule has 0 fully saturated rings. The Morgan fingerprint density at radius 1 is 1.30 bits per heavy atom. The highest BCUT2D eigenvalue weighted by molar-refractivity contribution is 6.06. The van der Waals surface area contributed by atoms with Gasteiger partial charge in [-0.1, -0.05) is 6.07 Å². The van der Waals surface area contributed by atoms with E-state index in [-0.39, 0.29) is 17.4 Å². The van der Waals surface area contributed by atoms with Crippen LogP contribution in [0.2, 0.25) is 0 Å². The fourth-order valence-corrected chi connectivity index (χ4v) is 2.78. The maximum atomic E-state index is 12.5. The van der Waals surface area contributed by atoms with Crippen LogP contribution < -0.4 is 16.2 Å². The van der Waals surface area contributed by atoms with Crippen molar-refractivity contribution >= 4 is 17.5 Å². The lowest BCUT2D eigenvalue weighted by atomic mass is 9.98. The molecule has 6 nitrogen and oxygen atoms in total. The van der Waals surface area contributed by atoms with Crippen LogP contribution in [0.1, 0.15) is 31.8 Å². The predicted octanol–water partition coefficient (Wildman–Crippen LogP) is 1.23. The molecule has 0 bridgehead atoms. The van der Waals surface area contributed by atoms with Crippen LogP contribution in [0.4, 0.5) is 5.69 Å². The molecule has 3 rings (SSSR count). The van der Waals surface area contributed by atoms with E-state index in [9.17, 15) is 14.4 Å². The number of hydrogen-bond donors (Lipinski definition) is 2. The van der Waals surface area contributed by atoms with Gasteiger partial charge in [-0.25, -0.2) is 0 Å². The number of benzene rings is 1. The smallest absolute Gasteiger partial charge is 0.257 e. The van der Waals surface area contributed by atoms with Gasteiger partial charge in [-0.05, 0) is 37.1 Å². The van der Waals surface area contributed by atoms with Crippen molar-refractivity contribution < 1.29 is 9.59 Å². The number of rotatable bonds is 2. The largest absolute Gasteiger partial charge is 0.352 e. The van der Waals surface area contributed by atoms with Gasteiger partial charge in [-0.3, -0.25) is 14.4 Å². The van der Waals surface area contributed by atoms with E-state index < -0.39 is 0 Å². The normalized spacial score (nSPS) is 13.2. The number of carbonyl (C=O) groups is 2. The summed E-state index contributed by atoms with van der Waals surface area (Å²) >= 11 is 0. The SMILES string of the molecule is Cc1cc(C(=O)Nc2cccc3c2CCNC3=O)cn(C)c1=O. The minimum absolute atomic E-state index is 0.125. The number of aryl methyl sites for hydroxylation is 2. The molecular formula is C17H17N3O3. The number of aromatic nitrogens is 1. The van der Waals surface area contributed by atoms with Crippen molar-refractivity contribution in [2.45, 2.75) is 13.3 Å². The Balaban J connectivity index is 1.94. The Kier molecular flexibility index (Phi) is 3.73. The quantitative estimate of drug-likeness (QED) is 0.875. The molecule has 23 heavy (non-hydrogen) atoms. The van der Waals surface area contributed by atoms with Crippen LogP contribution in [0.15, 0.2) is 35.3 Å². The molecule has 2 N–H and O–H groups in total. The summed E-state index contributed by atoms with van der Waals surface area (Å²) in [4.78, 5) is 36.0. The number of carbonyl (C=O) groups excluding carboxylic acids is 2. The molecule has 0 saturated heterocycles. The van der Waals surface area contributed by atoms with Gasteiger partial charge in [0.05, 0.1) is 5.56 Å². The van der Waals surface area contributed by atoms with Crippen LogP contribution in [0, 0.1) is 6.92 Å². The maximum absolute atomic E-state index is 12.5. The van der Waals surface area contributed by atoms with Gasteiger partial charge in [0.1, 0.15) is 0 Å². The highest BCUT2D eigenvalue weighted by Gasteiger charge is 2.20. The Bertz CT molecular complexity index is 842. The molecule has 118 valence electrons. The number of amides is 2. The summed E-state index contributed by atoms with van der Waals surface area (Å²) in [5.74, 6) is -0.427. The van der Waals surface area contributed by atoms with Gasteiger partial charge in [0.15, 0.2) is 0 Å². The average molecular weight is 311 g/mol. The molecule has 0 aliphatic carbocycles. The van der Waals surface area contributed by atoms with Crippen LogP contribution in [0.5, 0.6) is 0 Å². The zero-order valence-electron chi connectivity index (χ0n) is 13.0. The summed E-state index contributed by atoms with van der Waals surface area (Å²) in [5.41, 5.74) is 2.85. The van der Waals surface area contributed by atoms with Crippen molar-refractivity contribution in [1.29, 1.82) is 0 Å². The first-order chi connectivity index (χ1) is 11.0. The van der Waals surface area contributed by atoms with E-state index in [4.69, 9.17) is 0 Å². The fourth-order valence-electron chi connectivity index (χ4n) is 2.78. The van der Waals surface area contributed by atoms with E-state index in [1.165, 1.54) is 10.8 Å². The van der Waals surface area contributed by atoms with E-state index >= 15 is 0 Å². The standard InChI is InChI=1S/C17H17N3O3/c1-10-8-11(9-20(2)17(10)23)15(21)19-14-5-3-4-13-12(14)6-7-18-16(13)22/h3-5,8-9H,6-7H2,1-2H3,(H,18,22)(H,19,21). The molecule has 1 aromatic carbocycles. The monoisotopic (exact) mass is 311 g/mol. The van der Waals surface area contributed by atoms with E-state index in [0.717, 1.165) is 5.56 Å². The topological polar surface area (TPSA) is 80.2 Å². The minimum Gasteiger partial charge on any atom is -0.352 e. The van der Waals surface area contributed by atoms with E-state index in [1.807, 2.05) is 0 Å². The fraction of sp³-hybridized carbons (Fsp3) is 0.235. The molecule has 2 amide bonds. The Morgan fingerprint density at radius 2 is 2.09 bits per heavy atom. The first-order valence-electron chi connectivity index (χ1n) is 7.36. The summed E-state index contributed by atoms with van der Waals surface area (Å²) in [7, 11) is 1.61. The summed E-state index contributed by atoms with van der Waals surface area (Å²) in [6, 6.07) is 6.84. The third-order valence-corrected chi connectivity index (χ3v) is 3.95. The molecule has 0 radical (unpaired) electrons. The Labute approximate surface area is 133 Å². The number of nitrogens with one attached hydrogen (secondary N) is 2. The summed E-state index contributed by atoms with van der Waals surface area (Å²) in [6.07, 6.45) is 2.18. The lowest BCUT2D eigenvalue weighted by Gasteiger charge is -2.20. The van der Waals surface area contributed by atoms with Gasteiger partial charge in [0.2, 0.25) is 0 Å². The lowest BCUT2D eigenvalue weighted by molar-refractivity contribution is 0.0944. The third-order valence-electron chi connectivity index (χ3n) is 3.95. The molecule has 2 aromatic rings. The molecule has 0 unspecified atom stereocenters. The number of pyridine rings is 1. The van der Waals surface area contributed by atoms with Crippen molar-refractivity contribution in [2.24, 2.45) is 7.05 Å². The van der Waals surface area contributed by atoms with Crippen LogP contribution in [0.25, 0.3) is 0 Å². The van der Waals surface area contributed by atoms with Gasteiger partial charge in [-0.15, -0.1) is 0 Å². The number of fused-ring (bicyclic) bond motifs is 1. The van der Waals surface area contributed by atoms with Crippen LogP contribution >= 0.6 is 0 Å². The second kappa shape index (κ2) is 5.72. The zero-order valence-corrected chi connectivity index (χ0v) is 13.0. The molecule has 6 heteroatoms. The molecule has 0 spiro atoms. The van der Waals surface area contributed by atoms with E-state index in [2.05, 4.69) is 10.6 Å². The average Bonchev–Trinajstić information content (AvgIpc) is 2.53. The molecule has 0 atom stereocenters. The van der Waals surface area contributed by atoms with E-state index in [0.29, 0.717) is 35.3 Å². The third kappa shape index (κ3) is 2.75. The number of anilines is 1. The summed E-state index contributed by atoms with van der Waals surface area (Å²) < 4.78 is 1.39. The summed E-state index contributed by atoms with van der Waals surface area (Å²) in [6.45, 7) is 2.23. The van der Waals surface area contributed by atoms with Gasteiger partial charge in [0.25, 0.3) is 17.4 Å². The van der Waals surface area contributed by atoms with Crippen molar-refractivity contribution in [1.82, 2.24) is 9.88 Å². The first-order valence-corrected chi connectivity index (χ1v) is 7.36. The minimum atomic E-state index is -0.303. The molecule has 1 aliphatic rings. The second-order valence-electron chi connectivity index (χ2n) is 5.62. The van der Waals surface area contributed by atoms with Gasteiger partial charge < -0.3 is 15.2 Å². The molecule has 1 aliphatic heterocycles. The maximum Gasteiger partial charge on any atom is 0.257 e. The Morgan fingerprint density at radius 3 is 2.83 bits per heavy atom. The van der Waals surface area contributed by atoms with Gasteiger partial charge in [-0.2, -0.15) is 0 Å². The first kappa shape index (κ1) is 15.0. The highest BCUT2D eigenvalue weighted by Crippen LogP contribution is 2.23. The van der Waals surface area contributed by atoms with Crippen molar-refractivity contribution in [2.75, 3.05) is 11.9 Å².